The molecular weight excluding hydrogens is 236 g/mol. The average Bonchev–Trinajstić information content (AvgIpc) is 2.28. The molecule has 0 heterocycles. The van der Waals surface area contributed by atoms with Crippen molar-refractivity contribution in [3.05, 3.63) is 0 Å². The summed E-state index contributed by atoms with van der Waals surface area (Å²) in [5.74, 6) is 0.0157. The highest BCUT2D eigenvalue weighted by Gasteiger charge is 2.27. The van der Waals surface area contributed by atoms with Gasteiger partial charge in [-0.15, -0.1) is 11.6 Å². The van der Waals surface area contributed by atoms with Crippen molar-refractivity contribution < 1.29 is 13.6 Å². The fraction of sp³-hybridized carbons (Fsp3) is 0.909. The van der Waals surface area contributed by atoms with E-state index in [0.29, 0.717) is 0 Å². The van der Waals surface area contributed by atoms with Crippen molar-refractivity contribution in [2.24, 2.45) is 5.92 Å². The molecular formula is C11H18ClF2NO. The van der Waals surface area contributed by atoms with Crippen molar-refractivity contribution in [1.82, 2.24) is 4.90 Å². The van der Waals surface area contributed by atoms with E-state index in [-0.39, 0.29) is 24.2 Å². The topological polar surface area (TPSA) is 20.3 Å². The summed E-state index contributed by atoms with van der Waals surface area (Å²) in [4.78, 5) is 13.2. The number of alkyl halides is 3. The van der Waals surface area contributed by atoms with Crippen molar-refractivity contribution >= 4 is 17.5 Å². The van der Waals surface area contributed by atoms with Crippen LogP contribution in [0.3, 0.4) is 0 Å². The lowest BCUT2D eigenvalue weighted by Crippen LogP contribution is -2.41. The largest absolute Gasteiger partial charge is 0.336 e. The lowest BCUT2D eigenvalue weighted by atomic mass is 9.88. The Morgan fingerprint density at radius 3 is 2.44 bits per heavy atom. The molecule has 16 heavy (non-hydrogen) atoms. The van der Waals surface area contributed by atoms with Crippen LogP contribution in [0.5, 0.6) is 0 Å². The van der Waals surface area contributed by atoms with Gasteiger partial charge in [-0.25, -0.2) is 8.78 Å². The van der Waals surface area contributed by atoms with Crippen molar-refractivity contribution in [3.63, 3.8) is 0 Å². The Hall–Kier alpha value is -0.380. The SMILES string of the molecule is O=C(C1CCCCC1)N(CCCl)CC(F)F. The fourth-order valence-electron chi connectivity index (χ4n) is 2.17. The highest BCUT2D eigenvalue weighted by atomic mass is 35.5. The van der Waals surface area contributed by atoms with Crippen LogP contribution in [-0.2, 0) is 4.79 Å². The third-order valence-corrected chi connectivity index (χ3v) is 3.15. The van der Waals surface area contributed by atoms with E-state index in [2.05, 4.69) is 0 Å². The van der Waals surface area contributed by atoms with E-state index < -0.39 is 13.0 Å². The quantitative estimate of drug-likeness (QED) is 0.690. The van der Waals surface area contributed by atoms with E-state index in [0.717, 1.165) is 32.1 Å². The molecule has 1 aliphatic carbocycles. The van der Waals surface area contributed by atoms with E-state index in [4.69, 9.17) is 11.6 Å². The molecule has 1 saturated carbocycles. The van der Waals surface area contributed by atoms with Crippen LogP contribution in [0.2, 0.25) is 0 Å². The summed E-state index contributed by atoms with van der Waals surface area (Å²) in [6.07, 6.45) is 2.39. The first-order chi connectivity index (χ1) is 7.65. The molecule has 0 saturated heterocycles. The lowest BCUT2D eigenvalue weighted by Gasteiger charge is -2.28. The van der Waals surface area contributed by atoms with Gasteiger partial charge in [0, 0.05) is 18.3 Å². The van der Waals surface area contributed by atoms with Gasteiger partial charge in [0.2, 0.25) is 5.91 Å². The zero-order chi connectivity index (χ0) is 12.0. The number of hydrogen-bond acceptors (Lipinski definition) is 1. The van der Waals surface area contributed by atoms with Crippen LogP contribution in [0.1, 0.15) is 32.1 Å². The molecule has 1 rings (SSSR count). The maximum absolute atomic E-state index is 12.3. The summed E-state index contributed by atoms with van der Waals surface area (Å²) in [6.45, 7) is -0.261. The Labute approximate surface area is 99.9 Å². The molecule has 0 bridgehead atoms. The number of halogens is 3. The van der Waals surface area contributed by atoms with Crippen LogP contribution in [-0.4, -0.2) is 36.2 Å². The molecule has 1 fully saturated rings. The molecule has 0 atom stereocenters. The fourth-order valence-corrected chi connectivity index (χ4v) is 2.37. The summed E-state index contributed by atoms with van der Waals surface area (Å²) >= 11 is 5.52. The van der Waals surface area contributed by atoms with Crippen molar-refractivity contribution in [3.8, 4) is 0 Å². The summed E-state index contributed by atoms with van der Waals surface area (Å²) in [7, 11) is 0. The Bertz CT molecular complexity index is 220. The summed E-state index contributed by atoms with van der Waals surface area (Å²) in [5, 5.41) is 0. The molecule has 0 radical (unpaired) electrons. The molecule has 94 valence electrons. The highest BCUT2D eigenvalue weighted by molar-refractivity contribution is 6.18. The molecule has 2 nitrogen and oxygen atoms in total. The van der Waals surface area contributed by atoms with Gasteiger partial charge in [-0.1, -0.05) is 19.3 Å². The Morgan fingerprint density at radius 2 is 1.94 bits per heavy atom. The second kappa shape index (κ2) is 7.05. The average molecular weight is 254 g/mol. The van der Waals surface area contributed by atoms with Crippen molar-refractivity contribution in [1.29, 1.82) is 0 Å². The Kier molecular flexibility index (Phi) is 6.03. The zero-order valence-corrected chi connectivity index (χ0v) is 10.1. The molecule has 0 aromatic rings. The molecule has 0 unspecified atom stereocenters. The first-order valence-electron chi connectivity index (χ1n) is 5.78. The first kappa shape index (κ1) is 13.7. The van der Waals surface area contributed by atoms with Crippen LogP contribution < -0.4 is 0 Å². The second-order valence-corrected chi connectivity index (χ2v) is 4.58. The summed E-state index contributed by atoms with van der Waals surface area (Å²) < 4.78 is 24.6. The molecule has 0 aliphatic heterocycles. The van der Waals surface area contributed by atoms with Crippen LogP contribution in [0.25, 0.3) is 0 Å². The van der Waals surface area contributed by atoms with E-state index in [9.17, 15) is 13.6 Å². The van der Waals surface area contributed by atoms with E-state index in [1.165, 1.54) is 4.90 Å². The van der Waals surface area contributed by atoms with Crippen molar-refractivity contribution in [2.75, 3.05) is 19.0 Å². The number of hydrogen-bond donors (Lipinski definition) is 0. The number of amides is 1. The minimum atomic E-state index is -2.48. The molecule has 1 aliphatic rings. The Balaban J connectivity index is 2.50. The van der Waals surface area contributed by atoms with Crippen LogP contribution >= 0.6 is 11.6 Å². The Morgan fingerprint density at radius 1 is 1.31 bits per heavy atom. The van der Waals surface area contributed by atoms with Gasteiger partial charge < -0.3 is 4.90 Å². The predicted molar refractivity (Wildman–Crippen MR) is 59.9 cm³/mol. The molecule has 5 heteroatoms. The van der Waals surface area contributed by atoms with E-state index in [1.807, 2.05) is 0 Å². The van der Waals surface area contributed by atoms with E-state index in [1.54, 1.807) is 0 Å². The minimum Gasteiger partial charge on any atom is -0.336 e. The minimum absolute atomic E-state index is 0.0595. The maximum Gasteiger partial charge on any atom is 0.255 e. The van der Waals surface area contributed by atoms with Gasteiger partial charge in [0.15, 0.2) is 0 Å². The molecule has 0 N–H and O–H groups in total. The van der Waals surface area contributed by atoms with Crippen LogP contribution in [0, 0.1) is 5.92 Å². The molecule has 0 aromatic heterocycles. The van der Waals surface area contributed by atoms with Crippen LogP contribution in [0.4, 0.5) is 8.78 Å². The van der Waals surface area contributed by atoms with Crippen LogP contribution in [0.15, 0.2) is 0 Å². The first-order valence-corrected chi connectivity index (χ1v) is 6.31. The number of carbonyl (C=O) groups is 1. The van der Waals surface area contributed by atoms with E-state index >= 15 is 0 Å². The number of nitrogens with zero attached hydrogens (tertiary/aromatic N) is 1. The normalized spacial score (nSPS) is 17.8. The predicted octanol–water partition coefficient (Wildman–Crippen LogP) is 2.90. The zero-order valence-electron chi connectivity index (χ0n) is 9.30. The smallest absolute Gasteiger partial charge is 0.255 e. The number of carbonyl (C=O) groups excluding carboxylic acids is 1. The second-order valence-electron chi connectivity index (χ2n) is 4.20. The van der Waals surface area contributed by atoms with Gasteiger partial charge >= 0.3 is 0 Å². The summed E-state index contributed by atoms with van der Waals surface area (Å²) in [6, 6.07) is 0. The number of rotatable bonds is 5. The molecule has 0 spiro atoms. The van der Waals surface area contributed by atoms with Gasteiger partial charge in [0.05, 0.1) is 6.54 Å². The van der Waals surface area contributed by atoms with Gasteiger partial charge in [-0.05, 0) is 12.8 Å². The van der Waals surface area contributed by atoms with Gasteiger partial charge in [0.25, 0.3) is 6.43 Å². The van der Waals surface area contributed by atoms with Gasteiger partial charge in [-0.2, -0.15) is 0 Å². The highest BCUT2D eigenvalue weighted by Crippen LogP contribution is 2.25. The standard InChI is InChI=1S/C11H18ClF2NO/c12-6-7-15(8-10(13)14)11(16)9-4-2-1-3-5-9/h9-10H,1-8H2. The molecule has 1 amide bonds. The lowest BCUT2D eigenvalue weighted by molar-refractivity contribution is -0.138. The maximum atomic E-state index is 12.3. The molecule has 0 aromatic carbocycles. The van der Waals surface area contributed by atoms with Gasteiger partial charge in [-0.3, -0.25) is 4.79 Å². The third-order valence-electron chi connectivity index (χ3n) is 2.98. The monoisotopic (exact) mass is 253 g/mol. The van der Waals surface area contributed by atoms with Crippen molar-refractivity contribution in [2.45, 2.75) is 38.5 Å². The van der Waals surface area contributed by atoms with Gasteiger partial charge in [0.1, 0.15) is 0 Å². The summed E-state index contributed by atoms with van der Waals surface area (Å²) in [5.41, 5.74) is 0. The third kappa shape index (κ3) is 4.24.